The number of aromatic nitrogens is 1. The Kier molecular flexibility index (Phi) is 2.87. The Bertz CT molecular complexity index is 612. The lowest BCUT2D eigenvalue weighted by Gasteiger charge is -2.09. The predicted molar refractivity (Wildman–Crippen MR) is 68.9 cm³/mol. The summed E-state index contributed by atoms with van der Waals surface area (Å²) < 4.78 is 21.0. The van der Waals surface area contributed by atoms with Crippen LogP contribution in [0.5, 0.6) is 23.3 Å². The van der Waals surface area contributed by atoms with Gasteiger partial charge in [0.2, 0.25) is 18.6 Å². The molecule has 98 valence electrons. The first-order chi connectivity index (χ1) is 9.31. The highest BCUT2D eigenvalue weighted by Crippen LogP contribution is 2.38. The first kappa shape index (κ1) is 11.6. The van der Waals surface area contributed by atoms with Crippen molar-refractivity contribution in [2.75, 3.05) is 21.0 Å². The van der Waals surface area contributed by atoms with E-state index in [1.165, 1.54) is 0 Å². The normalized spacial score (nSPS) is 12.3. The number of pyridine rings is 1. The van der Waals surface area contributed by atoms with Gasteiger partial charge in [-0.3, -0.25) is 0 Å². The van der Waals surface area contributed by atoms with Crippen LogP contribution in [0, 0.1) is 0 Å². The van der Waals surface area contributed by atoms with Crippen LogP contribution in [-0.4, -0.2) is 26.0 Å². The maximum atomic E-state index is 5.37. The fourth-order valence-electron chi connectivity index (χ4n) is 1.98. The third-order valence-electron chi connectivity index (χ3n) is 2.92. The Morgan fingerprint density at radius 1 is 1.00 bits per heavy atom. The van der Waals surface area contributed by atoms with Crippen LogP contribution in [-0.2, 0) is 0 Å². The van der Waals surface area contributed by atoms with E-state index in [2.05, 4.69) is 4.98 Å². The van der Waals surface area contributed by atoms with E-state index >= 15 is 0 Å². The first-order valence-corrected chi connectivity index (χ1v) is 5.81. The average Bonchev–Trinajstić information content (AvgIpc) is 2.93. The van der Waals surface area contributed by atoms with Gasteiger partial charge in [-0.05, 0) is 23.8 Å². The monoisotopic (exact) mass is 259 g/mol. The van der Waals surface area contributed by atoms with Crippen molar-refractivity contribution < 1.29 is 18.9 Å². The molecule has 2 heterocycles. The van der Waals surface area contributed by atoms with Crippen molar-refractivity contribution >= 4 is 0 Å². The molecule has 1 aromatic carbocycles. The molecule has 1 aromatic heterocycles. The summed E-state index contributed by atoms with van der Waals surface area (Å²) in [5.41, 5.74) is 1.83. The van der Waals surface area contributed by atoms with Crippen molar-refractivity contribution in [3.05, 3.63) is 30.3 Å². The van der Waals surface area contributed by atoms with Gasteiger partial charge in [0.25, 0.3) is 0 Å². The lowest BCUT2D eigenvalue weighted by atomic mass is 10.1. The van der Waals surface area contributed by atoms with Crippen molar-refractivity contribution in [3.8, 4) is 34.4 Å². The van der Waals surface area contributed by atoms with Crippen LogP contribution in [0.15, 0.2) is 30.3 Å². The molecule has 0 spiro atoms. The zero-order chi connectivity index (χ0) is 13.2. The highest BCUT2D eigenvalue weighted by Gasteiger charge is 2.16. The lowest BCUT2D eigenvalue weighted by molar-refractivity contribution is 0.174. The molecule has 0 aliphatic carbocycles. The molecule has 3 rings (SSSR count). The van der Waals surface area contributed by atoms with Crippen molar-refractivity contribution in [2.45, 2.75) is 0 Å². The SMILES string of the molecule is COc1ccc(-c2ccc3c(c2)OCO3)c(OC)n1. The topological polar surface area (TPSA) is 49.8 Å². The maximum Gasteiger partial charge on any atom is 0.231 e. The molecular formula is C14H13NO4. The molecule has 1 aliphatic heterocycles. The fourth-order valence-corrected chi connectivity index (χ4v) is 1.98. The number of nitrogens with zero attached hydrogens (tertiary/aromatic N) is 1. The van der Waals surface area contributed by atoms with Crippen molar-refractivity contribution in [3.63, 3.8) is 0 Å². The minimum absolute atomic E-state index is 0.261. The molecule has 0 radical (unpaired) electrons. The molecule has 0 atom stereocenters. The molecule has 2 aromatic rings. The van der Waals surface area contributed by atoms with Gasteiger partial charge in [0.15, 0.2) is 11.5 Å². The number of rotatable bonds is 3. The van der Waals surface area contributed by atoms with Gasteiger partial charge in [-0.15, -0.1) is 0 Å². The van der Waals surface area contributed by atoms with E-state index in [4.69, 9.17) is 18.9 Å². The van der Waals surface area contributed by atoms with E-state index in [-0.39, 0.29) is 6.79 Å². The summed E-state index contributed by atoms with van der Waals surface area (Å²) >= 11 is 0. The highest BCUT2D eigenvalue weighted by atomic mass is 16.7. The van der Waals surface area contributed by atoms with Gasteiger partial charge in [0.1, 0.15) is 0 Å². The van der Waals surface area contributed by atoms with Gasteiger partial charge in [0, 0.05) is 11.6 Å². The summed E-state index contributed by atoms with van der Waals surface area (Å²) in [7, 11) is 3.15. The van der Waals surface area contributed by atoms with E-state index in [1.54, 1.807) is 20.3 Å². The molecule has 0 bridgehead atoms. The molecule has 0 N–H and O–H groups in total. The largest absolute Gasteiger partial charge is 0.481 e. The number of methoxy groups -OCH3 is 2. The second kappa shape index (κ2) is 4.68. The summed E-state index contributed by atoms with van der Waals surface area (Å²) in [5.74, 6) is 2.51. The van der Waals surface area contributed by atoms with Crippen LogP contribution in [0.25, 0.3) is 11.1 Å². The molecule has 0 saturated carbocycles. The average molecular weight is 259 g/mol. The Hall–Kier alpha value is -2.43. The third kappa shape index (κ3) is 2.03. The van der Waals surface area contributed by atoms with Gasteiger partial charge in [-0.2, -0.15) is 4.98 Å². The van der Waals surface area contributed by atoms with E-state index in [0.29, 0.717) is 11.8 Å². The molecular weight excluding hydrogens is 246 g/mol. The summed E-state index contributed by atoms with van der Waals surface area (Å²) in [6.45, 7) is 0.261. The molecule has 0 saturated heterocycles. The minimum atomic E-state index is 0.261. The lowest BCUT2D eigenvalue weighted by Crippen LogP contribution is -1.95. The number of hydrogen-bond donors (Lipinski definition) is 0. The van der Waals surface area contributed by atoms with Crippen LogP contribution in [0.3, 0.4) is 0 Å². The van der Waals surface area contributed by atoms with Crippen molar-refractivity contribution in [1.29, 1.82) is 0 Å². The highest BCUT2D eigenvalue weighted by molar-refractivity contribution is 5.72. The molecule has 0 fully saturated rings. The quantitative estimate of drug-likeness (QED) is 0.847. The second-order valence-corrected chi connectivity index (χ2v) is 3.98. The standard InChI is InChI=1S/C14H13NO4/c1-16-13-6-4-10(14(15-13)17-2)9-3-5-11-12(7-9)19-8-18-11/h3-7H,8H2,1-2H3. The van der Waals surface area contributed by atoms with Gasteiger partial charge in [-0.1, -0.05) is 6.07 Å². The summed E-state index contributed by atoms with van der Waals surface area (Å²) in [4.78, 5) is 4.26. The molecule has 19 heavy (non-hydrogen) atoms. The van der Waals surface area contributed by atoms with E-state index in [1.807, 2.05) is 24.3 Å². The number of benzene rings is 1. The van der Waals surface area contributed by atoms with Crippen LogP contribution in [0.2, 0.25) is 0 Å². The van der Waals surface area contributed by atoms with Crippen LogP contribution >= 0.6 is 0 Å². The molecule has 5 nitrogen and oxygen atoms in total. The Balaban J connectivity index is 2.06. The molecule has 0 unspecified atom stereocenters. The van der Waals surface area contributed by atoms with Crippen molar-refractivity contribution in [1.82, 2.24) is 4.98 Å². The van der Waals surface area contributed by atoms with E-state index in [0.717, 1.165) is 22.6 Å². The van der Waals surface area contributed by atoms with Gasteiger partial charge < -0.3 is 18.9 Å². The smallest absolute Gasteiger partial charge is 0.231 e. The number of fused-ring (bicyclic) bond motifs is 1. The second-order valence-electron chi connectivity index (χ2n) is 3.98. The van der Waals surface area contributed by atoms with Crippen LogP contribution < -0.4 is 18.9 Å². The van der Waals surface area contributed by atoms with Gasteiger partial charge in [-0.25, -0.2) is 0 Å². The van der Waals surface area contributed by atoms with E-state index < -0.39 is 0 Å². The molecule has 0 amide bonds. The summed E-state index contributed by atoms with van der Waals surface area (Å²) in [6.07, 6.45) is 0. The Morgan fingerprint density at radius 3 is 2.63 bits per heavy atom. The third-order valence-corrected chi connectivity index (χ3v) is 2.92. The summed E-state index contributed by atoms with van der Waals surface area (Å²) in [5, 5.41) is 0. The van der Waals surface area contributed by atoms with E-state index in [9.17, 15) is 0 Å². The fraction of sp³-hybridized carbons (Fsp3) is 0.214. The van der Waals surface area contributed by atoms with Crippen LogP contribution in [0.1, 0.15) is 0 Å². The summed E-state index contributed by atoms with van der Waals surface area (Å²) in [6, 6.07) is 9.43. The van der Waals surface area contributed by atoms with Gasteiger partial charge >= 0.3 is 0 Å². The zero-order valence-electron chi connectivity index (χ0n) is 10.7. The Morgan fingerprint density at radius 2 is 1.84 bits per heavy atom. The van der Waals surface area contributed by atoms with Crippen LogP contribution in [0.4, 0.5) is 0 Å². The number of hydrogen-bond acceptors (Lipinski definition) is 5. The predicted octanol–water partition coefficient (Wildman–Crippen LogP) is 2.49. The van der Waals surface area contributed by atoms with Gasteiger partial charge in [0.05, 0.1) is 14.2 Å². The minimum Gasteiger partial charge on any atom is -0.481 e. The maximum absolute atomic E-state index is 5.37. The zero-order valence-corrected chi connectivity index (χ0v) is 10.7. The first-order valence-electron chi connectivity index (χ1n) is 5.81. The molecule has 1 aliphatic rings. The number of ether oxygens (including phenoxy) is 4. The Labute approximate surface area is 110 Å². The molecule has 5 heteroatoms. The van der Waals surface area contributed by atoms with Crippen molar-refractivity contribution in [2.24, 2.45) is 0 Å².